The lowest BCUT2D eigenvalue weighted by Crippen LogP contribution is -2.28. The van der Waals surface area contributed by atoms with Crippen LogP contribution >= 0.6 is 11.6 Å². The molecule has 9 heteroatoms. The van der Waals surface area contributed by atoms with E-state index in [2.05, 4.69) is 30.9 Å². The van der Waals surface area contributed by atoms with Crippen LogP contribution in [0.15, 0.2) is 60.6 Å². The van der Waals surface area contributed by atoms with Crippen molar-refractivity contribution < 1.29 is 14.2 Å². The first-order valence-corrected chi connectivity index (χ1v) is 11.5. The Hall–Kier alpha value is -3.20. The first kappa shape index (κ1) is 21.3. The fourth-order valence-corrected chi connectivity index (χ4v) is 4.97. The van der Waals surface area contributed by atoms with E-state index in [0.29, 0.717) is 11.8 Å². The average Bonchev–Trinajstić information content (AvgIpc) is 3.48. The zero-order chi connectivity index (χ0) is 23.4. The summed E-state index contributed by atoms with van der Waals surface area (Å²) in [7, 11) is 1.85. The normalized spacial score (nSPS) is 23.3. The summed E-state index contributed by atoms with van der Waals surface area (Å²) < 4.78 is 20.9. The van der Waals surface area contributed by atoms with Crippen LogP contribution in [0.2, 0.25) is 5.15 Å². The summed E-state index contributed by atoms with van der Waals surface area (Å²) in [5, 5.41) is 5.37. The molecule has 1 aliphatic carbocycles. The Morgan fingerprint density at radius 2 is 2.00 bits per heavy atom. The lowest BCUT2D eigenvalue weighted by Gasteiger charge is -2.22. The topological polar surface area (TPSA) is 83.3 Å². The molecule has 34 heavy (non-hydrogen) atoms. The molecule has 1 fully saturated rings. The Balaban J connectivity index is 1.30. The average molecular weight is 478 g/mol. The van der Waals surface area contributed by atoms with Crippen molar-refractivity contribution in [2.75, 3.05) is 19.0 Å². The summed E-state index contributed by atoms with van der Waals surface area (Å²) >= 11 is 6.28. The van der Waals surface area contributed by atoms with E-state index in [4.69, 9.17) is 25.8 Å². The first-order valence-electron chi connectivity index (χ1n) is 11.2. The maximum atomic E-state index is 6.31. The second-order valence-corrected chi connectivity index (χ2v) is 9.33. The van der Waals surface area contributed by atoms with Crippen molar-refractivity contribution in [2.45, 2.75) is 37.9 Å². The van der Waals surface area contributed by atoms with Gasteiger partial charge in [-0.3, -0.25) is 0 Å². The van der Waals surface area contributed by atoms with Gasteiger partial charge >= 0.3 is 0 Å². The number of rotatable bonds is 5. The molecular weight excluding hydrogens is 454 g/mol. The van der Waals surface area contributed by atoms with Crippen LogP contribution in [0.25, 0.3) is 21.9 Å². The van der Waals surface area contributed by atoms with Gasteiger partial charge in [0.2, 0.25) is 0 Å². The van der Waals surface area contributed by atoms with Crippen LogP contribution in [0.1, 0.15) is 19.9 Å². The number of anilines is 1. The van der Waals surface area contributed by atoms with E-state index in [0.717, 1.165) is 39.1 Å². The zero-order valence-corrected chi connectivity index (χ0v) is 19.8. The van der Waals surface area contributed by atoms with Gasteiger partial charge in [0, 0.05) is 24.7 Å². The molecule has 1 aromatic carbocycles. The van der Waals surface area contributed by atoms with Gasteiger partial charge in [0.05, 0.1) is 16.9 Å². The molecule has 1 N–H and O–H groups in total. The van der Waals surface area contributed by atoms with Crippen LogP contribution in [0.3, 0.4) is 0 Å². The van der Waals surface area contributed by atoms with Gasteiger partial charge in [-0.25, -0.2) is 15.0 Å². The zero-order valence-electron chi connectivity index (χ0n) is 19.0. The van der Waals surface area contributed by atoms with Crippen molar-refractivity contribution in [3.05, 3.63) is 65.7 Å². The number of halogens is 1. The highest BCUT2D eigenvalue weighted by Gasteiger charge is 2.50. The van der Waals surface area contributed by atoms with Crippen LogP contribution in [0.4, 0.5) is 5.82 Å². The molecule has 0 bridgehead atoms. The van der Waals surface area contributed by atoms with Gasteiger partial charge in [-0.05, 0) is 49.8 Å². The number of ether oxygens (including phenoxy) is 3. The minimum atomic E-state index is -0.695. The highest BCUT2D eigenvalue weighted by Crippen LogP contribution is 2.44. The number of hydrogen-bond acceptors (Lipinski definition) is 7. The largest absolute Gasteiger partial charge is 0.489 e. The Morgan fingerprint density at radius 3 is 2.85 bits per heavy atom. The fourth-order valence-electron chi connectivity index (χ4n) is 4.78. The van der Waals surface area contributed by atoms with Gasteiger partial charge < -0.3 is 24.1 Å². The lowest BCUT2D eigenvalue weighted by molar-refractivity contribution is -0.148. The maximum Gasteiger partial charge on any atom is 0.164 e. The van der Waals surface area contributed by atoms with Crippen molar-refractivity contribution >= 4 is 39.4 Å². The standard InChI is InChI=1S/C25H24ClN5O3/c1-25(2)33-21-15(12-32-16-6-4-14-5-7-20(27-3)30-18(14)11-16)10-19(22(21)34-25)31-9-8-17-23(26)28-13-29-24(17)31/h4-11,13,19,21-22H,12H2,1-3H3,(H,27,30)/t19-,21-,22+/m1/s1. The second kappa shape index (κ2) is 7.94. The highest BCUT2D eigenvalue weighted by molar-refractivity contribution is 6.33. The van der Waals surface area contributed by atoms with E-state index in [1.54, 1.807) is 0 Å². The molecule has 0 amide bonds. The van der Waals surface area contributed by atoms with Crippen molar-refractivity contribution in [2.24, 2.45) is 0 Å². The first-order chi connectivity index (χ1) is 16.4. The molecule has 8 nitrogen and oxygen atoms in total. The molecule has 0 radical (unpaired) electrons. The number of nitrogens with zero attached hydrogens (tertiary/aromatic N) is 4. The SMILES string of the molecule is CNc1ccc2ccc(OCC3=C[C@@H](n4ccc5c(Cl)ncnc54)[C@@H]4OC(C)(C)O[C@H]34)cc2n1. The van der Waals surface area contributed by atoms with E-state index >= 15 is 0 Å². The fraction of sp³-hybridized carbons (Fsp3) is 0.320. The van der Waals surface area contributed by atoms with Crippen LogP contribution in [-0.4, -0.2) is 51.2 Å². The number of hydrogen-bond donors (Lipinski definition) is 1. The van der Waals surface area contributed by atoms with E-state index < -0.39 is 5.79 Å². The molecule has 3 aromatic heterocycles. The van der Waals surface area contributed by atoms with E-state index in [-0.39, 0.29) is 18.2 Å². The molecule has 3 atom stereocenters. The highest BCUT2D eigenvalue weighted by atomic mass is 35.5. The van der Waals surface area contributed by atoms with Crippen LogP contribution in [-0.2, 0) is 9.47 Å². The monoisotopic (exact) mass is 477 g/mol. The number of nitrogens with one attached hydrogen (secondary N) is 1. The molecule has 1 saturated heterocycles. The summed E-state index contributed by atoms with van der Waals surface area (Å²) in [5.41, 5.74) is 2.66. The number of benzene rings is 1. The van der Waals surface area contributed by atoms with Crippen LogP contribution < -0.4 is 10.1 Å². The molecule has 0 unspecified atom stereocenters. The summed E-state index contributed by atoms with van der Waals surface area (Å²) in [5.74, 6) is 0.868. The Morgan fingerprint density at radius 1 is 1.15 bits per heavy atom. The van der Waals surface area contributed by atoms with Gasteiger partial charge in [0.1, 0.15) is 47.5 Å². The van der Waals surface area contributed by atoms with Crippen molar-refractivity contribution in [3.8, 4) is 5.75 Å². The predicted octanol–water partition coefficient (Wildman–Crippen LogP) is 4.75. The van der Waals surface area contributed by atoms with Gasteiger partial charge in [-0.2, -0.15) is 0 Å². The van der Waals surface area contributed by atoms with Gasteiger partial charge in [-0.15, -0.1) is 0 Å². The molecule has 1 aliphatic heterocycles. The molecule has 174 valence electrons. The van der Waals surface area contributed by atoms with Crippen molar-refractivity contribution in [1.82, 2.24) is 19.5 Å². The number of aromatic nitrogens is 4. The molecule has 6 rings (SSSR count). The van der Waals surface area contributed by atoms with Crippen molar-refractivity contribution in [1.29, 1.82) is 0 Å². The minimum absolute atomic E-state index is 0.106. The predicted molar refractivity (Wildman–Crippen MR) is 130 cm³/mol. The third-order valence-electron chi connectivity index (χ3n) is 6.32. The maximum absolute atomic E-state index is 6.31. The molecule has 0 saturated carbocycles. The molecular formula is C25H24ClN5O3. The minimum Gasteiger partial charge on any atom is -0.489 e. The summed E-state index contributed by atoms with van der Waals surface area (Å²) in [6.07, 6.45) is 5.18. The molecule has 2 aliphatic rings. The second-order valence-electron chi connectivity index (χ2n) is 8.97. The summed E-state index contributed by atoms with van der Waals surface area (Å²) in [6, 6.07) is 11.7. The van der Waals surface area contributed by atoms with Crippen LogP contribution in [0.5, 0.6) is 5.75 Å². The van der Waals surface area contributed by atoms with E-state index in [1.165, 1.54) is 6.33 Å². The Kier molecular flexibility index (Phi) is 4.98. The van der Waals surface area contributed by atoms with Crippen LogP contribution in [0, 0.1) is 0 Å². The Bertz CT molecular complexity index is 1430. The van der Waals surface area contributed by atoms with E-state index in [9.17, 15) is 0 Å². The van der Waals surface area contributed by atoms with Gasteiger partial charge in [0.25, 0.3) is 0 Å². The van der Waals surface area contributed by atoms with Gasteiger partial charge in [-0.1, -0.05) is 17.7 Å². The quantitative estimate of drug-likeness (QED) is 0.328. The number of fused-ring (bicyclic) bond motifs is 3. The van der Waals surface area contributed by atoms with E-state index in [1.807, 2.05) is 63.5 Å². The lowest BCUT2D eigenvalue weighted by atomic mass is 10.1. The molecule has 0 spiro atoms. The number of pyridine rings is 1. The van der Waals surface area contributed by atoms with Crippen molar-refractivity contribution in [3.63, 3.8) is 0 Å². The Labute approximate surface area is 201 Å². The summed E-state index contributed by atoms with van der Waals surface area (Å²) in [4.78, 5) is 13.2. The third-order valence-corrected chi connectivity index (χ3v) is 6.62. The third kappa shape index (κ3) is 3.58. The smallest absolute Gasteiger partial charge is 0.164 e. The molecule has 4 heterocycles. The molecule has 4 aromatic rings. The summed E-state index contributed by atoms with van der Waals surface area (Å²) in [6.45, 7) is 4.24. The van der Waals surface area contributed by atoms with Gasteiger partial charge in [0.15, 0.2) is 5.79 Å².